The van der Waals surface area contributed by atoms with E-state index in [1.807, 2.05) is 4.72 Å². The molecule has 0 atom stereocenters. The molecule has 0 radical (unpaired) electrons. The largest absolute Gasteiger partial charge is 0.493 e. The number of fused-ring (bicyclic) bond motifs is 1. The second-order valence-corrected chi connectivity index (χ2v) is 9.62. The molecule has 1 aliphatic carbocycles. The lowest BCUT2D eigenvalue weighted by Crippen LogP contribution is -2.31. The fourth-order valence-corrected chi connectivity index (χ4v) is 5.00. The highest BCUT2D eigenvalue weighted by molar-refractivity contribution is 7.90. The number of halogens is 2. The van der Waals surface area contributed by atoms with Crippen molar-refractivity contribution in [2.75, 3.05) is 13.2 Å². The Labute approximate surface area is 179 Å². The van der Waals surface area contributed by atoms with Gasteiger partial charge in [0.05, 0.1) is 28.7 Å². The standard InChI is InChI=1S/C21H21ClFNO5S/c22-17-10-16(18(23)11-20(17)29-12-13-3-1-2-4-13)21(25)24-30(26,27)15-5-6-19-14(9-15)7-8-28-19/h5-6,9-11,13H,1-4,7-8,12H2,(H,24,25). The summed E-state index contributed by atoms with van der Waals surface area (Å²) < 4.78 is 52.5. The van der Waals surface area contributed by atoms with Crippen LogP contribution in [0.5, 0.6) is 11.5 Å². The minimum atomic E-state index is -4.19. The monoisotopic (exact) mass is 453 g/mol. The lowest BCUT2D eigenvalue weighted by molar-refractivity contribution is 0.0977. The molecule has 160 valence electrons. The molecule has 2 aromatic rings. The first-order chi connectivity index (χ1) is 14.3. The SMILES string of the molecule is O=C(NS(=O)(=O)c1ccc2c(c1)CCO2)c1cc(Cl)c(OCC2CCCC2)cc1F. The molecule has 9 heteroatoms. The molecular formula is C21H21ClFNO5S. The molecule has 0 bridgehead atoms. The van der Waals surface area contributed by atoms with Gasteiger partial charge in [-0.2, -0.15) is 0 Å². The second kappa shape index (κ2) is 8.43. The number of hydrogen-bond donors (Lipinski definition) is 1. The van der Waals surface area contributed by atoms with Gasteiger partial charge in [-0.3, -0.25) is 4.79 Å². The summed E-state index contributed by atoms with van der Waals surface area (Å²) in [7, 11) is -4.19. The number of sulfonamides is 1. The van der Waals surface area contributed by atoms with E-state index in [9.17, 15) is 17.6 Å². The normalized spacial score (nSPS) is 16.2. The molecule has 0 saturated heterocycles. The predicted octanol–water partition coefficient (Wildman–Crippen LogP) is 4.10. The van der Waals surface area contributed by atoms with Crippen molar-refractivity contribution in [2.24, 2.45) is 5.92 Å². The summed E-state index contributed by atoms with van der Waals surface area (Å²) in [5.74, 6) is -0.843. The van der Waals surface area contributed by atoms with Gasteiger partial charge in [-0.05, 0) is 48.6 Å². The van der Waals surface area contributed by atoms with Crippen LogP contribution in [0.25, 0.3) is 0 Å². The minimum absolute atomic E-state index is 0.0478. The van der Waals surface area contributed by atoms with Crippen molar-refractivity contribution in [3.63, 3.8) is 0 Å². The van der Waals surface area contributed by atoms with Gasteiger partial charge in [0.15, 0.2) is 0 Å². The zero-order chi connectivity index (χ0) is 21.3. The zero-order valence-electron chi connectivity index (χ0n) is 16.1. The van der Waals surface area contributed by atoms with Gasteiger partial charge in [0, 0.05) is 12.5 Å². The van der Waals surface area contributed by atoms with Crippen molar-refractivity contribution in [1.29, 1.82) is 0 Å². The molecule has 1 aliphatic heterocycles. The first kappa shape index (κ1) is 20.9. The van der Waals surface area contributed by atoms with Crippen LogP contribution in [-0.4, -0.2) is 27.5 Å². The van der Waals surface area contributed by atoms with E-state index < -0.39 is 27.3 Å². The third-order valence-corrected chi connectivity index (χ3v) is 7.04. The van der Waals surface area contributed by atoms with Crippen LogP contribution in [-0.2, 0) is 16.4 Å². The minimum Gasteiger partial charge on any atom is -0.493 e. The number of amides is 1. The molecule has 0 spiro atoms. The van der Waals surface area contributed by atoms with Crippen molar-refractivity contribution < 1.29 is 27.1 Å². The molecule has 1 N–H and O–H groups in total. The maximum atomic E-state index is 14.5. The fourth-order valence-electron chi connectivity index (χ4n) is 3.76. The van der Waals surface area contributed by atoms with E-state index in [1.54, 1.807) is 0 Å². The smallest absolute Gasteiger partial charge is 0.268 e. The predicted molar refractivity (Wildman–Crippen MR) is 109 cm³/mol. The number of carbonyl (C=O) groups is 1. The number of benzene rings is 2. The van der Waals surface area contributed by atoms with Crippen LogP contribution in [0, 0.1) is 11.7 Å². The third kappa shape index (κ3) is 4.39. The fraction of sp³-hybridized carbons (Fsp3) is 0.381. The Kier molecular flexibility index (Phi) is 5.88. The summed E-state index contributed by atoms with van der Waals surface area (Å²) in [4.78, 5) is 12.4. The average Bonchev–Trinajstić information content (AvgIpc) is 3.38. The maximum absolute atomic E-state index is 14.5. The lowest BCUT2D eigenvalue weighted by Gasteiger charge is -2.14. The van der Waals surface area contributed by atoms with Gasteiger partial charge >= 0.3 is 0 Å². The zero-order valence-corrected chi connectivity index (χ0v) is 17.7. The Hall–Kier alpha value is -2.32. The third-order valence-electron chi connectivity index (χ3n) is 5.41. The first-order valence-electron chi connectivity index (χ1n) is 9.78. The molecule has 1 heterocycles. The molecule has 0 aromatic heterocycles. The highest BCUT2D eigenvalue weighted by Crippen LogP contribution is 2.31. The van der Waals surface area contributed by atoms with Gasteiger partial charge in [0.25, 0.3) is 15.9 Å². The Morgan fingerprint density at radius 2 is 2.00 bits per heavy atom. The average molecular weight is 454 g/mol. The van der Waals surface area contributed by atoms with E-state index in [2.05, 4.69) is 0 Å². The molecule has 1 fully saturated rings. The summed E-state index contributed by atoms with van der Waals surface area (Å²) in [6, 6.07) is 6.42. The van der Waals surface area contributed by atoms with Crippen LogP contribution in [0.4, 0.5) is 4.39 Å². The summed E-state index contributed by atoms with van der Waals surface area (Å²) in [5.41, 5.74) is 0.268. The molecule has 0 unspecified atom stereocenters. The van der Waals surface area contributed by atoms with Crippen molar-refractivity contribution in [2.45, 2.75) is 37.0 Å². The highest BCUT2D eigenvalue weighted by atomic mass is 35.5. The van der Waals surface area contributed by atoms with E-state index in [1.165, 1.54) is 18.2 Å². The molecule has 30 heavy (non-hydrogen) atoms. The summed E-state index contributed by atoms with van der Waals surface area (Å²) >= 11 is 6.15. The Morgan fingerprint density at radius 1 is 1.23 bits per heavy atom. The quantitative estimate of drug-likeness (QED) is 0.712. The highest BCUT2D eigenvalue weighted by Gasteiger charge is 2.25. The molecule has 4 rings (SSSR count). The Bertz CT molecular complexity index is 1080. The van der Waals surface area contributed by atoms with Gasteiger partial charge < -0.3 is 9.47 Å². The van der Waals surface area contributed by atoms with E-state index in [4.69, 9.17) is 21.1 Å². The van der Waals surface area contributed by atoms with E-state index in [0.29, 0.717) is 31.3 Å². The Balaban J connectivity index is 1.49. The molecule has 6 nitrogen and oxygen atoms in total. The van der Waals surface area contributed by atoms with Crippen LogP contribution in [0.2, 0.25) is 5.02 Å². The van der Waals surface area contributed by atoms with E-state index in [-0.39, 0.29) is 15.7 Å². The van der Waals surface area contributed by atoms with Gasteiger partial charge in [0.2, 0.25) is 0 Å². The van der Waals surface area contributed by atoms with Crippen LogP contribution in [0.3, 0.4) is 0 Å². The molecule has 2 aliphatic rings. The summed E-state index contributed by atoms with van der Waals surface area (Å²) in [6.07, 6.45) is 5.02. The summed E-state index contributed by atoms with van der Waals surface area (Å²) in [6.45, 7) is 0.908. The number of ether oxygens (including phenoxy) is 2. The lowest BCUT2D eigenvalue weighted by atomic mass is 10.1. The summed E-state index contributed by atoms with van der Waals surface area (Å²) in [5, 5.41) is 0.0478. The number of rotatable bonds is 6. The van der Waals surface area contributed by atoms with Gasteiger partial charge in [0.1, 0.15) is 17.3 Å². The van der Waals surface area contributed by atoms with Crippen molar-refractivity contribution in [3.8, 4) is 11.5 Å². The van der Waals surface area contributed by atoms with Crippen molar-refractivity contribution >= 4 is 27.5 Å². The number of carbonyl (C=O) groups excluding carboxylic acids is 1. The van der Waals surface area contributed by atoms with Gasteiger partial charge in [-0.25, -0.2) is 17.5 Å². The molecule has 2 aromatic carbocycles. The van der Waals surface area contributed by atoms with Crippen LogP contribution in [0.15, 0.2) is 35.2 Å². The number of hydrogen-bond acceptors (Lipinski definition) is 5. The molecular weight excluding hydrogens is 433 g/mol. The van der Waals surface area contributed by atoms with E-state index >= 15 is 0 Å². The van der Waals surface area contributed by atoms with Crippen LogP contribution in [0.1, 0.15) is 41.6 Å². The van der Waals surface area contributed by atoms with Crippen molar-refractivity contribution in [3.05, 3.63) is 52.3 Å². The van der Waals surface area contributed by atoms with Crippen LogP contribution < -0.4 is 14.2 Å². The van der Waals surface area contributed by atoms with Gasteiger partial charge in [-0.15, -0.1) is 0 Å². The first-order valence-corrected chi connectivity index (χ1v) is 11.6. The Morgan fingerprint density at radius 3 is 2.77 bits per heavy atom. The van der Waals surface area contributed by atoms with Crippen molar-refractivity contribution in [1.82, 2.24) is 4.72 Å². The van der Waals surface area contributed by atoms with E-state index in [0.717, 1.165) is 43.4 Å². The van der Waals surface area contributed by atoms with Gasteiger partial charge in [-0.1, -0.05) is 24.4 Å². The number of nitrogens with one attached hydrogen (secondary N) is 1. The molecule has 1 saturated carbocycles. The topological polar surface area (TPSA) is 81.7 Å². The molecule has 1 amide bonds. The second-order valence-electron chi connectivity index (χ2n) is 7.53. The maximum Gasteiger partial charge on any atom is 0.268 e. The van der Waals surface area contributed by atoms with Crippen LogP contribution >= 0.6 is 11.6 Å².